The Bertz CT molecular complexity index is 702. The van der Waals surface area contributed by atoms with Gasteiger partial charge in [0.15, 0.2) is 0 Å². The van der Waals surface area contributed by atoms with Crippen molar-refractivity contribution in [2.75, 3.05) is 12.8 Å². The average Bonchev–Trinajstić information content (AvgIpc) is 2.45. The van der Waals surface area contributed by atoms with Crippen molar-refractivity contribution in [1.82, 2.24) is 4.98 Å². The number of nitrogens with zero attached hydrogens (tertiary/aromatic N) is 1. The van der Waals surface area contributed by atoms with E-state index < -0.39 is 12.3 Å². The normalized spacial score (nSPS) is 11.1. The fraction of sp³-hybridized carbons (Fsp3) is 0.143. The maximum absolute atomic E-state index is 12.2. The summed E-state index contributed by atoms with van der Waals surface area (Å²) in [6.07, 6.45) is -3.44. The highest BCUT2D eigenvalue weighted by atomic mass is 19.4. The Morgan fingerprint density at radius 1 is 1.23 bits per heavy atom. The Morgan fingerprint density at radius 3 is 2.59 bits per heavy atom. The van der Waals surface area contributed by atoms with Gasteiger partial charge in [-0.05, 0) is 23.8 Å². The van der Waals surface area contributed by atoms with Crippen LogP contribution in [0.5, 0.6) is 5.75 Å². The molecule has 0 radical (unpaired) electrons. The largest absolute Gasteiger partial charge is 0.573 e. The van der Waals surface area contributed by atoms with Crippen LogP contribution in [-0.4, -0.2) is 24.4 Å². The van der Waals surface area contributed by atoms with Crippen LogP contribution in [0.1, 0.15) is 10.4 Å². The van der Waals surface area contributed by atoms with E-state index in [1.54, 1.807) is 6.07 Å². The second kappa shape index (κ2) is 5.92. The van der Waals surface area contributed by atoms with Crippen molar-refractivity contribution >= 4 is 11.8 Å². The predicted molar refractivity (Wildman–Crippen MR) is 72.1 cm³/mol. The third-order valence-corrected chi connectivity index (χ3v) is 2.72. The van der Waals surface area contributed by atoms with E-state index in [2.05, 4.69) is 14.5 Å². The molecule has 1 heterocycles. The molecule has 0 aliphatic heterocycles. The van der Waals surface area contributed by atoms with Crippen molar-refractivity contribution in [3.63, 3.8) is 0 Å². The van der Waals surface area contributed by atoms with E-state index in [0.717, 1.165) is 0 Å². The molecule has 116 valence electrons. The molecule has 2 aromatic rings. The average molecular weight is 312 g/mol. The van der Waals surface area contributed by atoms with Crippen LogP contribution in [0.2, 0.25) is 0 Å². The van der Waals surface area contributed by atoms with Crippen molar-refractivity contribution in [3.8, 4) is 16.9 Å². The van der Waals surface area contributed by atoms with Crippen LogP contribution in [-0.2, 0) is 4.74 Å². The first-order chi connectivity index (χ1) is 10.3. The van der Waals surface area contributed by atoms with Crippen molar-refractivity contribution in [1.29, 1.82) is 0 Å². The van der Waals surface area contributed by atoms with Gasteiger partial charge < -0.3 is 15.2 Å². The van der Waals surface area contributed by atoms with Crippen molar-refractivity contribution < 1.29 is 27.4 Å². The zero-order valence-corrected chi connectivity index (χ0v) is 11.3. The minimum Gasteiger partial charge on any atom is -0.465 e. The molecule has 0 saturated heterocycles. The number of nitrogens with two attached hydrogens (primary N) is 1. The lowest BCUT2D eigenvalue weighted by Gasteiger charge is -2.11. The maximum atomic E-state index is 12.2. The van der Waals surface area contributed by atoms with Gasteiger partial charge >= 0.3 is 12.3 Å². The van der Waals surface area contributed by atoms with Gasteiger partial charge in [0.2, 0.25) is 0 Å². The van der Waals surface area contributed by atoms with Crippen LogP contribution in [0.15, 0.2) is 36.5 Å². The lowest BCUT2D eigenvalue weighted by molar-refractivity contribution is -0.274. The number of halogens is 3. The molecule has 0 aliphatic carbocycles. The van der Waals surface area contributed by atoms with Gasteiger partial charge in [-0.2, -0.15) is 0 Å². The number of anilines is 1. The molecule has 22 heavy (non-hydrogen) atoms. The first-order valence-electron chi connectivity index (χ1n) is 6.00. The third kappa shape index (κ3) is 3.66. The van der Waals surface area contributed by atoms with Gasteiger partial charge in [0.05, 0.1) is 7.11 Å². The number of esters is 1. The van der Waals surface area contributed by atoms with Crippen molar-refractivity contribution in [2.45, 2.75) is 6.36 Å². The summed E-state index contributed by atoms with van der Waals surface area (Å²) in [7, 11) is 1.19. The van der Waals surface area contributed by atoms with Crippen LogP contribution < -0.4 is 10.5 Å². The number of aromatic nitrogens is 1. The topological polar surface area (TPSA) is 74.4 Å². The first-order valence-corrected chi connectivity index (χ1v) is 6.00. The molecule has 0 bridgehead atoms. The number of rotatable bonds is 3. The molecule has 0 atom stereocenters. The molecule has 5 nitrogen and oxygen atoms in total. The number of benzene rings is 1. The Kier molecular flexibility index (Phi) is 4.20. The molecule has 0 spiro atoms. The molecule has 2 N–H and O–H groups in total. The van der Waals surface area contributed by atoms with Crippen LogP contribution in [0, 0.1) is 0 Å². The fourth-order valence-electron chi connectivity index (χ4n) is 1.78. The standard InChI is InChI=1S/C14H11F3N2O3/c1-21-13(20)11-6-9(7-19-12(11)18)8-3-2-4-10(5-8)22-14(15,16)17/h2-7H,1H3,(H2,18,19). The molecule has 8 heteroatoms. The molecule has 2 rings (SSSR count). The zero-order chi connectivity index (χ0) is 16.3. The number of nitrogen functional groups attached to an aromatic ring is 1. The number of hydrogen-bond donors (Lipinski definition) is 1. The number of carbonyl (C=O) groups excluding carboxylic acids is 1. The number of pyridine rings is 1. The Hall–Kier alpha value is -2.77. The Morgan fingerprint density at radius 2 is 1.95 bits per heavy atom. The van der Waals surface area contributed by atoms with Gasteiger partial charge in [0.25, 0.3) is 0 Å². The van der Waals surface area contributed by atoms with E-state index in [-0.39, 0.29) is 17.1 Å². The highest BCUT2D eigenvalue weighted by Crippen LogP contribution is 2.28. The Labute approximate surface area is 123 Å². The second-order valence-electron chi connectivity index (χ2n) is 4.22. The zero-order valence-electron chi connectivity index (χ0n) is 11.3. The maximum Gasteiger partial charge on any atom is 0.573 e. The number of hydrogen-bond acceptors (Lipinski definition) is 5. The summed E-state index contributed by atoms with van der Waals surface area (Å²) in [6, 6.07) is 6.69. The molecule has 0 saturated carbocycles. The van der Waals surface area contributed by atoms with Crippen LogP contribution in [0.4, 0.5) is 19.0 Å². The number of methoxy groups -OCH3 is 1. The molecule has 1 aromatic heterocycles. The van der Waals surface area contributed by atoms with E-state index in [1.165, 1.54) is 37.6 Å². The highest BCUT2D eigenvalue weighted by Gasteiger charge is 2.31. The van der Waals surface area contributed by atoms with E-state index in [4.69, 9.17) is 5.73 Å². The quantitative estimate of drug-likeness (QED) is 0.882. The summed E-state index contributed by atoms with van der Waals surface area (Å²) < 4.78 is 45.1. The summed E-state index contributed by atoms with van der Waals surface area (Å²) in [6.45, 7) is 0. The lowest BCUT2D eigenvalue weighted by atomic mass is 10.1. The summed E-state index contributed by atoms with van der Waals surface area (Å²) in [5.41, 5.74) is 6.39. The van der Waals surface area contributed by atoms with Gasteiger partial charge in [-0.25, -0.2) is 9.78 Å². The molecular weight excluding hydrogens is 301 g/mol. The van der Waals surface area contributed by atoms with Gasteiger partial charge in [0.1, 0.15) is 17.1 Å². The van der Waals surface area contributed by atoms with Crippen LogP contribution >= 0.6 is 0 Å². The minimum atomic E-state index is -4.78. The van der Waals surface area contributed by atoms with Gasteiger partial charge in [-0.3, -0.25) is 0 Å². The number of ether oxygens (including phenoxy) is 2. The summed E-state index contributed by atoms with van der Waals surface area (Å²) in [5, 5.41) is 0. The van der Waals surface area contributed by atoms with Gasteiger partial charge in [0, 0.05) is 11.8 Å². The SMILES string of the molecule is COC(=O)c1cc(-c2cccc(OC(F)(F)F)c2)cnc1N. The molecule has 1 aromatic carbocycles. The predicted octanol–water partition coefficient (Wildman–Crippen LogP) is 3.02. The molecular formula is C14H11F3N2O3. The summed E-state index contributed by atoms with van der Waals surface area (Å²) in [5.74, 6) is -1.09. The monoisotopic (exact) mass is 312 g/mol. The van der Waals surface area contributed by atoms with E-state index >= 15 is 0 Å². The highest BCUT2D eigenvalue weighted by molar-refractivity contribution is 5.95. The van der Waals surface area contributed by atoms with Crippen molar-refractivity contribution in [2.24, 2.45) is 0 Å². The third-order valence-electron chi connectivity index (χ3n) is 2.72. The van der Waals surface area contributed by atoms with Gasteiger partial charge in [-0.1, -0.05) is 12.1 Å². The van der Waals surface area contributed by atoms with E-state index in [9.17, 15) is 18.0 Å². The van der Waals surface area contributed by atoms with Crippen LogP contribution in [0.25, 0.3) is 11.1 Å². The lowest BCUT2D eigenvalue weighted by Crippen LogP contribution is -2.17. The molecule has 0 fully saturated rings. The Balaban J connectivity index is 2.40. The molecule has 0 aliphatic rings. The smallest absolute Gasteiger partial charge is 0.465 e. The van der Waals surface area contributed by atoms with Crippen molar-refractivity contribution in [3.05, 3.63) is 42.1 Å². The van der Waals surface area contributed by atoms with E-state index in [0.29, 0.717) is 11.1 Å². The number of alkyl halides is 3. The second-order valence-corrected chi connectivity index (χ2v) is 4.22. The van der Waals surface area contributed by atoms with Crippen LogP contribution in [0.3, 0.4) is 0 Å². The number of carbonyl (C=O) groups is 1. The van der Waals surface area contributed by atoms with E-state index in [1.807, 2.05) is 0 Å². The molecule has 0 unspecified atom stereocenters. The van der Waals surface area contributed by atoms with Gasteiger partial charge in [-0.15, -0.1) is 13.2 Å². The summed E-state index contributed by atoms with van der Waals surface area (Å²) >= 11 is 0. The minimum absolute atomic E-state index is 0.0294. The first kappa shape index (κ1) is 15.6. The summed E-state index contributed by atoms with van der Waals surface area (Å²) in [4.78, 5) is 15.4. The molecule has 0 amide bonds. The fourth-order valence-corrected chi connectivity index (χ4v) is 1.78.